The van der Waals surface area contributed by atoms with E-state index in [9.17, 15) is 0 Å². The fraction of sp³-hybridized carbons (Fsp3) is 0.327. The van der Waals surface area contributed by atoms with Gasteiger partial charge in [0.2, 0.25) is 0 Å². The first-order valence-corrected chi connectivity index (χ1v) is 19.2. The van der Waals surface area contributed by atoms with E-state index in [2.05, 4.69) is 168 Å². The largest absolute Gasteiger partial charge is 0.294 e. The molecule has 254 valence electrons. The maximum absolute atomic E-state index is 5.32. The molecule has 3 aromatic carbocycles. The number of aliphatic imine (C=N–C) groups is 1. The number of nitrogens with zero attached hydrogens (tertiary/aromatic N) is 1. The molecule has 0 amide bonds. The van der Waals surface area contributed by atoms with Crippen LogP contribution in [0.25, 0.3) is 32.7 Å². The van der Waals surface area contributed by atoms with Crippen LogP contribution in [0.4, 0.5) is 0 Å². The fourth-order valence-corrected chi connectivity index (χ4v) is 8.82. The number of hydrogen-bond donors (Lipinski definition) is 0. The van der Waals surface area contributed by atoms with Crippen molar-refractivity contribution in [3.63, 3.8) is 0 Å². The molecule has 0 aromatic heterocycles. The molecule has 0 saturated carbocycles. The van der Waals surface area contributed by atoms with Gasteiger partial charge in [-0.25, -0.2) is 0 Å². The van der Waals surface area contributed by atoms with Gasteiger partial charge in [0.1, 0.15) is 0 Å². The lowest BCUT2D eigenvalue weighted by molar-refractivity contribution is 0.319. The van der Waals surface area contributed by atoms with E-state index < -0.39 is 0 Å². The highest BCUT2D eigenvalue weighted by Crippen LogP contribution is 2.46. The zero-order valence-corrected chi connectivity index (χ0v) is 30.4. The second kappa shape index (κ2) is 15.6. The first-order chi connectivity index (χ1) is 24.6. The van der Waals surface area contributed by atoms with Gasteiger partial charge in [-0.05, 0) is 112 Å². The number of fused-ring (bicyclic) bond motifs is 3. The van der Waals surface area contributed by atoms with E-state index >= 15 is 0 Å². The second-order valence-electron chi connectivity index (χ2n) is 14.6. The number of benzene rings is 3. The Bertz CT molecular complexity index is 1970. The summed E-state index contributed by atoms with van der Waals surface area (Å²) in [5, 5.41) is 5.30. The first-order valence-electron chi connectivity index (χ1n) is 19.2. The summed E-state index contributed by atoms with van der Waals surface area (Å²) in [5.74, 6) is 2.26. The van der Waals surface area contributed by atoms with Crippen LogP contribution in [0.3, 0.4) is 0 Å². The standard InChI is InChI=1S/C49H53N/c1-5-16-42(40-24-15-25-41(34(40)4)47(17-6-2)50-31-30-36-18-9-8-10-19-36)49-45-22-13-11-20-43(45)48(44-21-12-14-23-46(44)49)39-29-28-37-32-35(7-3)26-27-38(37)33-39/h5,8-16,18,20-24,26-29,31-34,36-38,41,47H,6-7,17,19,25,30H2,1-4H3/b16-5-,42-40+,50-31?. The molecular formula is C49H53N. The summed E-state index contributed by atoms with van der Waals surface area (Å²) < 4.78 is 0. The zero-order valence-electron chi connectivity index (χ0n) is 30.4. The topological polar surface area (TPSA) is 12.4 Å². The smallest absolute Gasteiger partial charge is 0.0532 e. The van der Waals surface area contributed by atoms with E-state index in [1.165, 1.54) is 55.0 Å². The van der Waals surface area contributed by atoms with Gasteiger partial charge in [-0.3, -0.25) is 4.99 Å². The molecule has 3 aromatic rings. The molecular weight excluding hydrogens is 603 g/mol. The minimum Gasteiger partial charge on any atom is -0.294 e. The number of allylic oxidation sites excluding steroid dienone is 18. The molecule has 0 spiro atoms. The molecule has 0 fully saturated rings. The molecule has 7 rings (SSSR count). The molecule has 0 saturated heterocycles. The third kappa shape index (κ3) is 6.80. The van der Waals surface area contributed by atoms with Crippen molar-refractivity contribution in [2.75, 3.05) is 0 Å². The summed E-state index contributed by atoms with van der Waals surface area (Å²) in [4.78, 5) is 5.32. The lowest BCUT2D eigenvalue weighted by Crippen LogP contribution is -2.28. The maximum Gasteiger partial charge on any atom is 0.0532 e. The Morgan fingerprint density at radius 3 is 2.22 bits per heavy atom. The van der Waals surface area contributed by atoms with Crippen molar-refractivity contribution in [1.82, 2.24) is 0 Å². The highest BCUT2D eigenvalue weighted by molar-refractivity contribution is 6.18. The van der Waals surface area contributed by atoms with Gasteiger partial charge in [-0.1, -0.05) is 166 Å². The fourth-order valence-electron chi connectivity index (χ4n) is 8.82. The number of hydrogen-bond acceptors (Lipinski definition) is 1. The molecule has 0 radical (unpaired) electrons. The van der Waals surface area contributed by atoms with Crippen molar-refractivity contribution in [3.05, 3.63) is 156 Å². The first kappa shape index (κ1) is 34.0. The highest BCUT2D eigenvalue weighted by Gasteiger charge is 2.31. The predicted molar refractivity (Wildman–Crippen MR) is 219 cm³/mol. The Morgan fingerprint density at radius 1 is 0.820 bits per heavy atom. The second-order valence-corrected chi connectivity index (χ2v) is 14.6. The van der Waals surface area contributed by atoms with Gasteiger partial charge in [-0.15, -0.1) is 0 Å². The molecule has 6 unspecified atom stereocenters. The molecule has 0 bridgehead atoms. The lowest BCUT2D eigenvalue weighted by Gasteiger charge is -2.34. The molecule has 1 heteroatoms. The molecule has 50 heavy (non-hydrogen) atoms. The number of rotatable bonds is 10. The molecule has 4 aliphatic rings. The molecule has 1 nitrogen and oxygen atoms in total. The summed E-state index contributed by atoms with van der Waals surface area (Å²) in [6.45, 7) is 9.18. The van der Waals surface area contributed by atoms with E-state index in [4.69, 9.17) is 4.99 Å². The van der Waals surface area contributed by atoms with Crippen LogP contribution in [0, 0.1) is 29.6 Å². The quantitative estimate of drug-likeness (QED) is 0.152. The maximum atomic E-state index is 5.32. The van der Waals surface area contributed by atoms with Crippen LogP contribution in [0.5, 0.6) is 0 Å². The normalized spacial score (nSPS) is 26.2. The summed E-state index contributed by atoms with van der Waals surface area (Å²) in [6.07, 6.45) is 41.8. The van der Waals surface area contributed by atoms with Gasteiger partial charge >= 0.3 is 0 Å². The van der Waals surface area contributed by atoms with Crippen LogP contribution < -0.4 is 0 Å². The van der Waals surface area contributed by atoms with E-state index in [0.29, 0.717) is 35.6 Å². The van der Waals surface area contributed by atoms with Crippen molar-refractivity contribution in [2.45, 2.75) is 72.3 Å². The van der Waals surface area contributed by atoms with Gasteiger partial charge in [0.25, 0.3) is 0 Å². The van der Waals surface area contributed by atoms with Gasteiger partial charge < -0.3 is 0 Å². The van der Waals surface area contributed by atoms with Crippen LogP contribution in [0.15, 0.2) is 150 Å². The average Bonchev–Trinajstić information content (AvgIpc) is 3.16. The SMILES string of the molecule is C/C=C\C(=C1\C=CCC(C(CCC)N=CCC2C=CC=CC2)C1C)c1c2ccccc2c(C2=CC3C=CC(CC)=CC3C=C2)c2ccccc12. The Kier molecular flexibility index (Phi) is 10.6. The molecule has 4 aliphatic carbocycles. The van der Waals surface area contributed by atoms with Crippen LogP contribution in [0.2, 0.25) is 0 Å². The van der Waals surface area contributed by atoms with Crippen molar-refractivity contribution in [3.8, 4) is 0 Å². The molecule has 0 heterocycles. The van der Waals surface area contributed by atoms with Crippen molar-refractivity contribution in [2.24, 2.45) is 34.6 Å². The third-order valence-corrected chi connectivity index (χ3v) is 11.5. The van der Waals surface area contributed by atoms with E-state index in [1.807, 2.05) is 0 Å². The highest BCUT2D eigenvalue weighted by atomic mass is 14.8. The molecule has 6 atom stereocenters. The van der Waals surface area contributed by atoms with Gasteiger partial charge in [0.15, 0.2) is 0 Å². The van der Waals surface area contributed by atoms with Crippen LogP contribution in [0.1, 0.15) is 77.3 Å². The van der Waals surface area contributed by atoms with E-state index in [0.717, 1.165) is 38.5 Å². The molecule has 0 aliphatic heterocycles. The summed E-state index contributed by atoms with van der Waals surface area (Å²) >= 11 is 0. The average molecular weight is 656 g/mol. The van der Waals surface area contributed by atoms with E-state index in [1.54, 1.807) is 0 Å². The lowest BCUT2D eigenvalue weighted by atomic mass is 9.72. The van der Waals surface area contributed by atoms with Gasteiger partial charge in [-0.2, -0.15) is 0 Å². The van der Waals surface area contributed by atoms with Crippen LogP contribution in [-0.4, -0.2) is 12.3 Å². The van der Waals surface area contributed by atoms with Crippen molar-refractivity contribution in [1.29, 1.82) is 0 Å². The Balaban J connectivity index is 1.33. The summed E-state index contributed by atoms with van der Waals surface area (Å²) in [5.41, 5.74) is 8.25. The minimum absolute atomic E-state index is 0.326. The van der Waals surface area contributed by atoms with Crippen molar-refractivity contribution >= 4 is 38.9 Å². The molecule has 0 N–H and O–H groups in total. The summed E-state index contributed by atoms with van der Waals surface area (Å²) in [7, 11) is 0. The zero-order chi connectivity index (χ0) is 34.5. The minimum atomic E-state index is 0.326. The monoisotopic (exact) mass is 655 g/mol. The van der Waals surface area contributed by atoms with Crippen LogP contribution in [-0.2, 0) is 0 Å². The van der Waals surface area contributed by atoms with Gasteiger partial charge in [0.05, 0.1) is 6.04 Å². The van der Waals surface area contributed by atoms with Crippen LogP contribution >= 0.6 is 0 Å². The Hall–Kier alpha value is -4.49. The third-order valence-electron chi connectivity index (χ3n) is 11.5. The van der Waals surface area contributed by atoms with Crippen molar-refractivity contribution < 1.29 is 0 Å². The summed E-state index contributed by atoms with van der Waals surface area (Å²) in [6, 6.07) is 18.6. The Labute approximate surface area is 300 Å². The van der Waals surface area contributed by atoms with Gasteiger partial charge in [0, 0.05) is 11.8 Å². The Morgan fingerprint density at radius 2 is 1.54 bits per heavy atom. The predicted octanol–water partition coefficient (Wildman–Crippen LogP) is 13.4. The van der Waals surface area contributed by atoms with E-state index in [-0.39, 0.29) is 0 Å².